The summed E-state index contributed by atoms with van der Waals surface area (Å²) in [6, 6.07) is 21.2. The molecule has 172 valence electrons. The third-order valence-corrected chi connectivity index (χ3v) is 5.94. The summed E-state index contributed by atoms with van der Waals surface area (Å²) in [5, 5.41) is 6.43. The SMILES string of the molecule is COCCN1Cc2ccc(Nc3ccc(OC)cc3)nc2C(C)(C(=O)Nc2ccccc2)C1. The van der Waals surface area contributed by atoms with Gasteiger partial charge in [-0.2, -0.15) is 0 Å². The maximum atomic E-state index is 13.6. The Morgan fingerprint density at radius 2 is 1.79 bits per heavy atom. The Morgan fingerprint density at radius 1 is 1.03 bits per heavy atom. The van der Waals surface area contributed by atoms with E-state index in [1.165, 1.54) is 0 Å². The van der Waals surface area contributed by atoms with Crippen LogP contribution in [-0.2, 0) is 21.5 Å². The minimum Gasteiger partial charge on any atom is -0.497 e. The van der Waals surface area contributed by atoms with E-state index in [2.05, 4.69) is 21.6 Å². The number of pyridine rings is 1. The molecule has 0 fully saturated rings. The molecule has 1 aliphatic heterocycles. The van der Waals surface area contributed by atoms with Crippen LogP contribution in [-0.4, -0.2) is 49.7 Å². The van der Waals surface area contributed by atoms with Gasteiger partial charge in [0.1, 0.15) is 17.0 Å². The molecule has 1 amide bonds. The number of hydrogen-bond donors (Lipinski definition) is 2. The predicted molar refractivity (Wildman–Crippen MR) is 130 cm³/mol. The number of methoxy groups -OCH3 is 2. The number of carbonyl (C=O) groups is 1. The molecule has 2 N–H and O–H groups in total. The van der Waals surface area contributed by atoms with Crippen LogP contribution < -0.4 is 15.4 Å². The Morgan fingerprint density at radius 3 is 2.48 bits per heavy atom. The number of nitrogens with one attached hydrogen (secondary N) is 2. The summed E-state index contributed by atoms with van der Waals surface area (Å²) in [6.07, 6.45) is 0. The Kier molecular flexibility index (Phi) is 6.91. The van der Waals surface area contributed by atoms with Gasteiger partial charge in [-0.15, -0.1) is 0 Å². The molecule has 33 heavy (non-hydrogen) atoms. The summed E-state index contributed by atoms with van der Waals surface area (Å²) in [5.74, 6) is 1.41. The second-order valence-electron chi connectivity index (χ2n) is 8.41. The number of ether oxygens (including phenoxy) is 2. The molecule has 7 heteroatoms. The number of hydrogen-bond acceptors (Lipinski definition) is 6. The standard InChI is InChI=1S/C26H30N4O3/c1-26(25(31)28-20-7-5-4-6-8-20)18-30(15-16-32-2)17-19-9-14-23(29-24(19)26)27-21-10-12-22(33-3)13-11-21/h4-14H,15-18H2,1-3H3,(H,27,29)(H,28,31). The molecule has 2 heterocycles. The molecule has 1 unspecified atom stereocenters. The average molecular weight is 447 g/mol. The van der Waals surface area contributed by atoms with Crippen LogP contribution in [0.1, 0.15) is 18.2 Å². The van der Waals surface area contributed by atoms with E-state index in [0.29, 0.717) is 19.0 Å². The van der Waals surface area contributed by atoms with E-state index in [-0.39, 0.29) is 5.91 Å². The van der Waals surface area contributed by atoms with Gasteiger partial charge in [-0.1, -0.05) is 24.3 Å². The molecule has 1 aliphatic rings. The van der Waals surface area contributed by atoms with Crippen molar-refractivity contribution in [1.29, 1.82) is 0 Å². The van der Waals surface area contributed by atoms with Crippen molar-refractivity contribution in [1.82, 2.24) is 9.88 Å². The Bertz CT molecular complexity index is 1090. The van der Waals surface area contributed by atoms with E-state index in [1.807, 2.05) is 67.6 Å². The largest absolute Gasteiger partial charge is 0.497 e. The molecule has 0 spiro atoms. The van der Waals surface area contributed by atoms with Crippen molar-refractivity contribution in [2.45, 2.75) is 18.9 Å². The third kappa shape index (κ3) is 5.16. The maximum Gasteiger partial charge on any atom is 0.237 e. The number of benzene rings is 2. The van der Waals surface area contributed by atoms with Gasteiger partial charge in [0.25, 0.3) is 0 Å². The summed E-state index contributed by atoms with van der Waals surface area (Å²) in [7, 11) is 3.34. The van der Waals surface area contributed by atoms with Gasteiger partial charge in [-0.3, -0.25) is 9.69 Å². The normalized spacial score (nSPS) is 17.8. The minimum absolute atomic E-state index is 0.0776. The zero-order chi connectivity index (χ0) is 23.3. The first-order valence-electron chi connectivity index (χ1n) is 11.0. The number of carbonyl (C=O) groups excluding carboxylic acids is 1. The molecule has 0 bridgehead atoms. The average Bonchev–Trinajstić information content (AvgIpc) is 2.84. The highest BCUT2D eigenvalue weighted by Gasteiger charge is 2.43. The fourth-order valence-electron chi connectivity index (χ4n) is 4.15. The fraction of sp³-hybridized carbons (Fsp3) is 0.308. The van der Waals surface area contributed by atoms with E-state index in [4.69, 9.17) is 14.5 Å². The van der Waals surface area contributed by atoms with Gasteiger partial charge in [0, 0.05) is 38.1 Å². The number of para-hydroxylation sites is 1. The predicted octanol–water partition coefficient (Wildman–Crippen LogP) is 4.19. The molecular formula is C26H30N4O3. The highest BCUT2D eigenvalue weighted by molar-refractivity contribution is 5.99. The molecule has 1 aromatic heterocycles. The lowest BCUT2D eigenvalue weighted by Crippen LogP contribution is -2.52. The first kappa shape index (κ1) is 22.8. The quantitative estimate of drug-likeness (QED) is 0.540. The lowest BCUT2D eigenvalue weighted by molar-refractivity contribution is -0.122. The smallest absolute Gasteiger partial charge is 0.237 e. The molecule has 0 radical (unpaired) electrons. The number of amides is 1. The number of nitrogens with zero attached hydrogens (tertiary/aromatic N) is 2. The van der Waals surface area contributed by atoms with Crippen LogP contribution in [0.3, 0.4) is 0 Å². The molecular weight excluding hydrogens is 416 g/mol. The lowest BCUT2D eigenvalue weighted by Gasteiger charge is -2.40. The fourth-order valence-corrected chi connectivity index (χ4v) is 4.15. The number of aromatic nitrogens is 1. The van der Waals surface area contributed by atoms with Crippen LogP contribution in [0.2, 0.25) is 0 Å². The molecule has 0 saturated heterocycles. The second kappa shape index (κ2) is 10.0. The van der Waals surface area contributed by atoms with Crippen LogP contribution in [0, 0.1) is 0 Å². The van der Waals surface area contributed by atoms with Crippen LogP contribution in [0.15, 0.2) is 66.7 Å². The van der Waals surface area contributed by atoms with Crippen LogP contribution in [0.4, 0.5) is 17.2 Å². The van der Waals surface area contributed by atoms with Crippen molar-refractivity contribution < 1.29 is 14.3 Å². The summed E-state index contributed by atoms with van der Waals surface area (Å²) in [4.78, 5) is 20.7. The Labute approximate surface area is 194 Å². The van der Waals surface area contributed by atoms with Gasteiger partial charge in [0.15, 0.2) is 0 Å². The lowest BCUT2D eigenvalue weighted by atomic mass is 9.79. The van der Waals surface area contributed by atoms with Gasteiger partial charge in [-0.25, -0.2) is 4.98 Å². The van der Waals surface area contributed by atoms with E-state index >= 15 is 0 Å². The monoisotopic (exact) mass is 446 g/mol. The number of anilines is 3. The van der Waals surface area contributed by atoms with Crippen molar-refractivity contribution >= 4 is 23.1 Å². The first-order chi connectivity index (χ1) is 16.0. The van der Waals surface area contributed by atoms with Crippen LogP contribution in [0.5, 0.6) is 5.75 Å². The van der Waals surface area contributed by atoms with Gasteiger partial charge in [0.05, 0.1) is 19.4 Å². The molecule has 2 aromatic carbocycles. The van der Waals surface area contributed by atoms with Gasteiger partial charge >= 0.3 is 0 Å². The van der Waals surface area contributed by atoms with Crippen molar-refractivity contribution in [3.8, 4) is 5.75 Å². The van der Waals surface area contributed by atoms with Gasteiger partial charge < -0.3 is 20.1 Å². The number of fused-ring (bicyclic) bond motifs is 1. The van der Waals surface area contributed by atoms with Crippen molar-refractivity contribution in [3.05, 3.63) is 78.0 Å². The van der Waals surface area contributed by atoms with Crippen LogP contribution >= 0.6 is 0 Å². The third-order valence-electron chi connectivity index (χ3n) is 5.94. The van der Waals surface area contributed by atoms with E-state index in [1.54, 1.807) is 14.2 Å². The summed E-state index contributed by atoms with van der Waals surface area (Å²) in [5.41, 5.74) is 2.68. The molecule has 0 saturated carbocycles. The highest BCUT2D eigenvalue weighted by Crippen LogP contribution is 2.35. The van der Waals surface area contributed by atoms with Crippen LogP contribution in [0.25, 0.3) is 0 Å². The maximum absolute atomic E-state index is 13.6. The van der Waals surface area contributed by atoms with Crippen molar-refractivity contribution in [2.75, 3.05) is 44.5 Å². The molecule has 3 aromatic rings. The Hall–Kier alpha value is -3.42. The molecule has 4 rings (SSSR count). The second-order valence-corrected chi connectivity index (χ2v) is 8.41. The van der Waals surface area contributed by atoms with E-state index in [0.717, 1.165) is 41.5 Å². The van der Waals surface area contributed by atoms with Gasteiger partial charge in [-0.05, 0) is 55.0 Å². The Balaban J connectivity index is 1.64. The molecule has 1 atom stereocenters. The van der Waals surface area contributed by atoms with Crippen molar-refractivity contribution in [3.63, 3.8) is 0 Å². The molecule has 0 aliphatic carbocycles. The summed E-state index contributed by atoms with van der Waals surface area (Å²) >= 11 is 0. The van der Waals surface area contributed by atoms with E-state index < -0.39 is 5.41 Å². The first-order valence-corrected chi connectivity index (χ1v) is 11.0. The zero-order valence-electron chi connectivity index (χ0n) is 19.3. The van der Waals surface area contributed by atoms with Crippen molar-refractivity contribution in [2.24, 2.45) is 0 Å². The summed E-state index contributed by atoms with van der Waals surface area (Å²) < 4.78 is 10.5. The zero-order valence-corrected chi connectivity index (χ0v) is 19.3. The van der Waals surface area contributed by atoms with E-state index in [9.17, 15) is 4.79 Å². The number of rotatable bonds is 8. The topological polar surface area (TPSA) is 75.7 Å². The molecule has 7 nitrogen and oxygen atoms in total. The summed E-state index contributed by atoms with van der Waals surface area (Å²) in [6.45, 7) is 4.60. The van der Waals surface area contributed by atoms with Gasteiger partial charge in [0.2, 0.25) is 5.91 Å². The minimum atomic E-state index is -0.825. The highest BCUT2D eigenvalue weighted by atomic mass is 16.5.